The summed E-state index contributed by atoms with van der Waals surface area (Å²) in [5.41, 5.74) is 5.66. The number of nitrogens with zero attached hydrogens (tertiary/aromatic N) is 13. The molecular weight excluding hydrogens is 1480 g/mol. The number of halogens is 12. The van der Waals surface area contributed by atoms with E-state index in [0.29, 0.717) is 47.0 Å². The number of anilines is 2. The number of carbonyl (C=O) groups is 2. The van der Waals surface area contributed by atoms with Crippen molar-refractivity contribution in [3.8, 4) is 62.5 Å². The summed E-state index contributed by atoms with van der Waals surface area (Å²) in [6, 6.07) is 22.8. The summed E-state index contributed by atoms with van der Waals surface area (Å²) in [5, 5.41) is 13.7. The zero-order valence-corrected chi connectivity index (χ0v) is 55.8. The van der Waals surface area contributed by atoms with Gasteiger partial charge >= 0.3 is 18.3 Å². The first kappa shape index (κ1) is 76.8. The van der Waals surface area contributed by atoms with Gasteiger partial charge in [0.15, 0.2) is 17.4 Å². The van der Waals surface area contributed by atoms with Crippen LogP contribution < -0.4 is 14.9 Å². The van der Waals surface area contributed by atoms with Crippen molar-refractivity contribution in [2.45, 2.75) is 68.2 Å². The summed E-state index contributed by atoms with van der Waals surface area (Å²) in [5.74, 6) is -3.79. The first-order chi connectivity index (χ1) is 45.2. The predicted octanol–water partition coefficient (Wildman–Crippen LogP) is 15.6. The molecule has 10 aromatic rings. The molecule has 7 heterocycles. The average molecular weight is 1540 g/mol. The van der Waals surface area contributed by atoms with Crippen LogP contribution in [0, 0.1) is 88.1 Å². The van der Waals surface area contributed by atoms with Gasteiger partial charge in [-0.3, -0.25) is 28.5 Å². The molecule has 2 aliphatic heterocycles. The minimum atomic E-state index is -4.55. The number of esters is 1. The van der Waals surface area contributed by atoms with Crippen molar-refractivity contribution in [1.29, 1.82) is 0 Å². The number of aryl methyl sites for hydroxylation is 6. The van der Waals surface area contributed by atoms with Gasteiger partial charge in [-0.2, -0.15) is 44.8 Å². The number of Topliss-reactive ketones (excluding diaryl/α,β-unsaturated/α-hetero) is 1. The smallest absolute Gasteiger partial charge is 0.432 e. The van der Waals surface area contributed by atoms with Crippen molar-refractivity contribution in [2.75, 3.05) is 30.5 Å². The molecule has 12 rings (SSSR count). The molecule has 0 unspecified atom stereocenters. The molecule has 30 heteroatoms. The standard InChI is InChI=1S/C22H18F2N4.C15H14F3N4.C14H9F5N4.C12H10F2N2O.C4H8O2.CH4.Ir/c1-12-7-13(2)21(14(3)8-12)28-11-20(17-6-5-16(23)10-18(17)24)25-22(28)19-9-15(4)26-27-19;1-19-3-5-21(10-19)13-7-12(15(16,17)18)8-14(9-13)22-6-4-20(2)11-22;1-23-6-11(8-3-2-7(15)4-9(8)16)20-13(23)10-5-12(22-21-10)14(17,18)19;1-7(17)12-15-11(6-16(12)2)9-4-3-8(13)5-10(9)14;1-3-6-4(2)5;;/h5,7-11H,1-4H3;3-8,10-11H,1-2H3;2-6H,1H3,(H,21,22);3-6H,1-2H3;3H2,1-2H3;1H4;/q-2;-3;;;;;. The molecule has 98 heavy (non-hydrogen) atoms. The van der Waals surface area contributed by atoms with Gasteiger partial charge < -0.3 is 48.2 Å². The third-order valence-corrected chi connectivity index (χ3v) is 13.8. The number of ether oxygens (including phenoxy) is 1. The molecule has 0 saturated heterocycles. The zero-order valence-electron chi connectivity index (χ0n) is 53.4. The first-order valence-corrected chi connectivity index (χ1v) is 28.7. The molecule has 1 N–H and O–H groups in total. The number of hydrogen-bond acceptors (Lipinski definition) is 12. The SMILES string of the molecule is C.CC(=O)c1nc(-c2ccc(F)cc2F)cn1C.CCOC(C)=O.CN1C=CN(c2[c-]c(N3C=CN(C)[CH-]3)cc(C(F)(F)F)c2)[CH-]1.Cc1cc(C)c(-n2cc(-c3[c-]cc(F)cc3F)nc2-c2cc(C)n[n-]2)c(C)c1.Cn1cc(-c2ccc(F)cc2F)nc1-c1cc(C(F)(F)F)[nH]n1.[Ir]. The van der Waals surface area contributed by atoms with E-state index in [1.165, 1.54) is 54.6 Å². The molecule has 0 aliphatic carbocycles. The molecular formula is C68H63F12IrN14O3-5. The van der Waals surface area contributed by atoms with Crippen molar-refractivity contribution in [3.05, 3.63) is 228 Å². The van der Waals surface area contributed by atoms with Gasteiger partial charge in [-0.05, 0) is 121 Å². The van der Waals surface area contributed by atoms with Gasteiger partial charge in [0.05, 0.1) is 23.7 Å². The Morgan fingerprint density at radius 1 is 0.622 bits per heavy atom. The predicted molar refractivity (Wildman–Crippen MR) is 340 cm³/mol. The summed E-state index contributed by atoms with van der Waals surface area (Å²) in [4.78, 5) is 40.5. The van der Waals surface area contributed by atoms with Crippen LogP contribution in [0.2, 0.25) is 0 Å². The maximum atomic E-state index is 14.3. The number of alkyl halides is 6. The number of rotatable bonds is 10. The minimum Gasteiger partial charge on any atom is -0.572 e. The van der Waals surface area contributed by atoms with E-state index in [4.69, 9.17) is 0 Å². The molecule has 0 fully saturated rings. The molecule has 0 atom stereocenters. The number of benzene rings is 5. The van der Waals surface area contributed by atoms with E-state index in [2.05, 4.69) is 59.3 Å². The molecule has 521 valence electrons. The number of H-pyrrole nitrogens is 1. The topological polar surface area (TPSA) is 165 Å². The van der Waals surface area contributed by atoms with E-state index in [-0.39, 0.29) is 79.0 Å². The summed E-state index contributed by atoms with van der Waals surface area (Å²) in [7, 11) is 6.79. The number of aromatic amines is 1. The number of ketones is 1. The fourth-order valence-corrected chi connectivity index (χ4v) is 9.65. The molecule has 0 spiro atoms. The molecule has 17 nitrogen and oxygen atoms in total. The molecule has 2 aliphatic rings. The van der Waals surface area contributed by atoms with E-state index in [0.717, 1.165) is 76.6 Å². The second-order valence-electron chi connectivity index (χ2n) is 21.6. The third kappa shape index (κ3) is 19.1. The Balaban J connectivity index is 0.000000201. The van der Waals surface area contributed by atoms with E-state index in [9.17, 15) is 62.3 Å². The normalized spacial score (nSPS) is 12.4. The summed E-state index contributed by atoms with van der Waals surface area (Å²) >= 11 is 0. The van der Waals surface area contributed by atoms with E-state index < -0.39 is 58.5 Å². The van der Waals surface area contributed by atoms with Crippen molar-refractivity contribution >= 4 is 23.1 Å². The molecule has 0 saturated carbocycles. The summed E-state index contributed by atoms with van der Waals surface area (Å²) in [6.07, 6.45) is 2.60. The Kier molecular flexibility index (Phi) is 25.2. The van der Waals surface area contributed by atoms with Gasteiger partial charge in [0, 0.05) is 107 Å². The summed E-state index contributed by atoms with van der Waals surface area (Å²) < 4.78 is 167. The molecule has 0 bridgehead atoms. The minimum absolute atomic E-state index is 0. The van der Waals surface area contributed by atoms with E-state index in [1.54, 1.807) is 92.0 Å². The average Bonchev–Trinajstić information content (AvgIpc) is 1.48. The second-order valence-corrected chi connectivity index (χ2v) is 21.6. The van der Waals surface area contributed by atoms with Crippen LogP contribution in [0.25, 0.3) is 62.5 Å². The monoisotopic (exact) mass is 1540 g/mol. The van der Waals surface area contributed by atoms with Crippen molar-refractivity contribution < 1.29 is 87.1 Å². The quantitative estimate of drug-likeness (QED) is 0.0596. The fraction of sp³-hybridized carbons (Fsp3) is 0.221. The number of hydrogen-bond donors (Lipinski definition) is 1. The van der Waals surface area contributed by atoms with E-state index >= 15 is 0 Å². The largest absolute Gasteiger partial charge is 0.572 e. The Morgan fingerprint density at radius 2 is 1.15 bits per heavy atom. The Bertz CT molecular complexity index is 4440. The van der Waals surface area contributed by atoms with Crippen LogP contribution in [0.1, 0.15) is 72.5 Å². The number of aromatic nitrogens is 10. The van der Waals surface area contributed by atoms with Gasteiger partial charge in [0.2, 0.25) is 0 Å². The van der Waals surface area contributed by atoms with Crippen LogP contribution in [0.5, 0.6) is 0 Å². The van der Waals surface area contributed by atoms with Gasteiger partial charge in [0.1, 0.15) is 40.5 Å². The van der Waals surface area contributed by atoms with Crippen LogP contribution in [0.4, 0.5) is 64.1 Å². The van der Waals surface area contributed by atoms with Gasteiger partial charge in [-0.1, -0.05) is 54.1 Å². The second kappa shape index (κ2) is 32.2. The van der Waals surface area contributed by atoms with E-state index in [1.807, 2.05) is 43.4 Å². The maximum absolute atomic E-state index is 14.3. The van der Waals surface area contributed by atoms with Crippen molar-refractivity contribution in [3.63, 3.8) is 0 Å². The molecule has 0 amide bonds. The Morgan fingerprint density at radius 3 is 1.58 bits per heavy atom. The molecule has 5 aromatic carbocycles. The van der Waals surface area contributed by atoms with Crippen LogP contribution in [-0.2, 0) is 56.1 Å². The summed E-state index contributed by atoms with van der Waals surface area (Å²) in [6.45, 7) is 16.3. The van der Waals surface area contributed by atoms with Crippen LogP contribution in [-0.4, -0.2) is 86.2 Å². The Hall–Kier alpha value is -10.2. The number of carbonyl (C=O) groups excluding carboxylic acids is 2. The van der Waals surface area contributed by atoms with Crippen LogP contribution >= 0.6 is 0 Å². The number of nitrogens with one attached hydrogen (secondary N) is 1. The van der Waals surface area contributed by atoms with Crippen molar-refractivity contribution in [1.82, 2.24) is 58.8 Å². The van der Waals surface area contributed by atoms with Crippen LogP contribution in [0.15, 0.2) is 128 Å². The first-order valence-electron chi connectivity index (χ1n) is 28.7. The zero-order chi connectivity index (χ0) is 70.2. The third-order valence-electron chi connectivity index (χ3n) is 13.8. The van der Waals surface area contributed by atoms with Crippen molar-refractivity contribution in [2.24, 2.45) is 14.1 Å². The fourth-order valence-electron chi connectivity index (χ4n) is 9.65. The van der Waals surface area contributed by atoms with Gasteiger partial charge in [-0.25, -0.2) is 27.5 Å². The Labute approximate surface area is 570 Å². The molecule has 1 radical (unpaired) electrons. The van der Waals surface area contributed by atoms with Gasteiger partial charge in [-0.15, -0.1) is 41.7 Å². The van der Waals surface area contributed by atoms with Crippen LogP contribution in [0.3, 0.4) is 0 Å². The molecule has 5 aromatic heterocycles. The van der Waals surface area contributed by atoms with Gasteiger partial charge in [0.25, 0.3) is 0 Å². The maximum Gasteiger partial charge on any atom is 0.432 e. The number of imidazole rings is 3.